The zero-order chi connectivity index (χ0) is 25.7. The Balaban J connectivity index is 2.32. The van der Waals surface area contributed by atoms with Crippen molar-refractivity contribution >= 4 is 17.9 Å². The third kappa shape index (κ3) is 6.86. The van der Waals surface area contributed by atoms with Crippen LogP contribution in [0.2, 0.25) is 0 Å². The van der Waals surface area contributed by atoms with Crippen molar-refractivity contribution in [3.8, 4) is 0 Å². The maximum absolute atomic E-state index is 14.0. The van der Waals surface area contributed by atoms with Crippen LogP contribution in [0.15, 0.2) is 0 Å². The van der Waals surface area contributed by atoms with Gasteiger partial charge in [0.25, 0.3) is 0 Å². The minimum Gasteiger partial charge on any atom is -0.467 e. The first-order valence-electron chi connectivity index (χ1n) is 12.8. The van der Waals surface area contributed by atoms with Gasteiger partial charge in [0.15, 0.2) is 0 Å². The quantitative estimate of drug-likeness (QED) is 0.515. The Morgan fingerprint density at radius 2 is 1.68 bits per heavy atom. The molecule has 0 spiro atoms. The lowest BCUT2D eigenvalue weighted by molar-refractivity contribution is -0.152. The van der Waals surface area contributed by atoms with Gasteiger partial charge in [-0.3, -0.25) is 4.79 Å². The van der Waals surface area contributed by atoms with E-state index in [0.717, 1.165) is 32.1 Å². The van der Waals surface area contributed by atoms with E-state index in [1.807, 2.05) is 20.8 Å². The number of carbonyl (C=O) groups excluding carboxylic acids is 3. The van der Waals surface area contributed by atoms with Crippen molar-refractivity contribution in [2.75, 3.05) is 27.4 Å². The fourth-order valence-corrected chi connectivity index (χ4v) is 5.31. The van der Waals surface area contributed by atoms with E-state index in [1.165, 1.54) is 7.11 Å². The number of hydrogen-bond donors (Lipinski definition) is 2. The zero-order valence-electron chi connectivity index (χ0n) is 22.5. The number of likely N-dealkylation sites (tertiary alicyclic amines) is 1. The highest BCUT2D eigenvalue weighted by molar-refractivity contribution is 5.91. The van der Waals surface area contributed by atoms with Crippen molar-refractivity contribution in [2.24, 2.45) is 22.7 Å². The van der Waals surface area contributed by atoms with E-state index in [2.05, 4.69) is 31.4 Å². The largest absolute Gasteiger partial charge is 0.467 e. The van der Waals surface area contributed by atoms with Gasteiger partial charge in [-0.05, 0) is 41.9 Å². The van der Waals surface area contributed by atoms with E-state index in [0.29, 0.717) is 25.5 Å². The number of hydrogen-bond acceptors (Lipinski definition) is 5. The highest BCUT2D eigenvalue weighted by Gasteiger charge is 2.48. The van der Waals surface area contributed by atoms with Crippen LogP contribution >= 0.6 is 0 Å². The fraction of sp³-hybridized carbons (Fsp3) is 0.885. The van der Waals surface area contributed by atoms with Crippen LogP contribution in [0.5, 0.6) is 0 Å². The summed E-state index contributed by atoms with van der Waals surface area (Å²) >= 11 is 0. The first-order chi connectivity index (χ1) is 15.8. The molecule has 4 atom stereocenters. The molecule has 2 aliphatic rings. The summed E-state index contributed by atoms with van der Waals surface area (Å²) in [6, 6.07) is -1.92. The molecule has 0 radical (unpaired) electrons. The Bertz CT molecular complexity index is 712. The molecule has 1 heterocycles. The molecule has 0 aromatic carbocycles. The number of urea groups is 1. The molecule has 1 unspecified atom stereocenters. The van der Waals surface area contributed by atoms with Gasteiger partial charge in [0.1, 0.15) is 12.1 Å². The van der Waals surface area contributed by atoms with Crippen molar-refractivity contribution in [1.82, 2.24) is 15.5 Å². The van der Waals surface area contributed by atoms with Crippen LogP contribution in [0, 0.1) is 22.7 Å². The average Bonchev–Trinajstić information content (AvgIpc) is 3.22. The van der Waals surface area contributed by atoms with Gasteiger partial charge < -0.3 is 25.0 Å². The van der Waals surface area contributed by atoms with Crippen molar-refractivity contribution in [3.63, 3.8) is 0 Å². The summed E-state index contributed by atoms with van der Waals surface area (Å²) in [5.74, 6) is -0.0151. The molecule has 34 heavy (non-hydrogen) atoms. The van der Waals surface area contributed by atoms with Crippen molar-refractivity contribution in [2.45, 2.75) is 98.2 Å². The number of nitrogens with zero attached hydrogens (tertiary/aromatic N) is 1. The van der Waals surface area contributed by atoms with Crippen molar-refractivity contribution < 1.29 is 23.9 Å². The summed E-state index contributed by atoms with van der Waals surface area (Å²) in [5.41, 5.74) is -0.585. The highest BCUT2D eigenvalue weighted by atomic mass is 16.5. The normalized spacial score (nSPS) is 24.4. The van der Waals surface area contributed by atoms with Crippen LogP contribution < -0.4 is 10.6 Å². The van der Waals surface area contributed by atoms with E-state index in [1.54, 1.807) is 12.0 Å². The molecule has 2 fully saturated rings. The van der Waals surface area contributed by atoms with Crippen LogP contribution in [0.4, 0.5) is 4.79 Å². The van der Waals surface area contributed by atoms with Gasteiger partial charge in [0, 0.05) is 13.7 Å². The highest BCUT2D eigenvalue weighted by Crippen LogP contribution is 2.41. The Hall–Kier alpha value is -1.83. The second kappa shape index (κ2) is 11.7. The van der Waals surface area contributed by atoms with Gasteiger partial charge in [0.05, 0.1) is 19.8 Å². The number of nitrogens with one attached hydrogen (secondary N) is 2. The Morgan fingerprint density at radius 1 is 1.06 bits per heavy atom. The number of esters is 1. The molecule has 0 aromatic heterocycles. The second-order valence-electron chi connectivity index (χ2n) is 11.9. The summed E-state index contributed by atoms with van der Waals surface area (Å²) in [7, 11) is 2.97. The molecule has 196 valence electrons. The molecule has 1 aliphatic heterocycles. The van der Waals surface area contributed by atoms with Gasteiger partial charge in [0.2, 0.25) is 5.91 Å². The van der Waals surface area contributed by atoms with Crippen molar-refractivity contribution in [3.05, 3.63) is 0 Å². The van der Waals surface area contributed by atoms with Gasteiger partial charge in [-0.2, -0.15) is 0 Å². The minimum absolute atomic E-state index is 0.183. The summed E-state index contributed by atoms with van der Waals surface area (Å²) in [5, 5.41) is 6.06. The molecule has 1 aliphatic carbocycles. The Kier molecular flexibility index (Phi) is 9.80. The smallest absolute Gasteiger partial charge is 0.328 e. The topological polar surface area (TPSA) is 97.0 Å². The predicted octanol–water partition coefficient (Wildman–Crippen LogP) is 3.73. The summed E-state index contributed by atoms with van der Waals surface area (Å²) in [6.07, 6.45) is 5.47. The van der Waals surface area contributed by atoms with Crippen molar-refractivity contribution in [1.29, 1.82) is 0 Å². The number of methoxy groups -OCH3 is 2. The number of carbonyl (C=O) groups is 3. The van der Waals surface area contributed by atoms with Gasteiger partial charge >= 0.3 is 12.0 Å². The van der Waals surface area contributed by atoms with Gasteiger partial charge in [-0.15, -0.1) is 0 Å². The van der Waals surface area contributed by atoms with E-state index >= 15 is 0 Å². The molecule has 2 rings (SSSR count). The molecule has 3 amide bonds. The number of ether oxygens (including phenoxy) is 2. The standard InChI is InChI=1S/C26H47N3O5/c1-17(2)18-14-19(23(31)34-8)29(15-18)22(30)21(26(6)12-10-9-11-13-26)28-24(32)27-20(16-33-7)25(3,4)5/h17-21H,9-16H2,1-8H3,(H2,27,28,32)/t18?,19-,20+,21+/m0/s1. The number of amides is 3. The molecule has 1 saturated carbocycles. The van der Waals surface area contributed by atoms with Gasteiger partial charge in [-0.1, -0.05) is 60.8 Å². The lowest BCUT2D eigenvalue weighted by atomic mass is 9.70. The molecular weight excluding hydrogens is 434 g/mol. The maximum Gasteiger partial charge on any atom is 0.328 e. The van der Waals surface area contributed by atoms with Crippen LogP contribution in [-0.2, 0) is 19.1 Å². The second-order valence-corrected chi connectivity index (χ2v) is 11.9. The molecule has 2 N–H and O–H groups in total. The van der Waals surface area contributed by atoms with E-state index in [-0.39, 0.29) is 40.7 Å². The minimum atomic E-state index is -0.714. The van der Waals surface area contributed by atoms with Crippen LogP contribution in [0.1, 0.15) is 80.1 Å². The Morgan fingerprint density at radius 3 is 2.18 bits per heavy atom. The third-order valence-electron chi connectivity index (χ3n) is 7.93. The SMILES string of the molecule is COC[C@@H](NC(=O)N[C@H](C(=O)N1CC(C(C)C)C[C@H]1C(=O)OC)C1(C)CCCCC1)C(C)(C)C. The molecule has 0 bridgehead atoms. The maximum atomic E-state index is 14.0. The molecule has 8 nitrogen and oxygen atoms in total. The van der Waals surface area contributed by atoms with Crippen LogP contribution in [0.25, 0.3) is 0 Å². The zero-order valence-corrected chi connectivity index (χ0v) is 22.5. The molecule has 8 heteroatoms. The Labute approximate surface area is 205 Å². The summed E-state index contributed by atoms with van der Waals surface area (Å²) in [4.78, 5) is 41.5. The van der Waals surface area contributed by atoms with Crippen LogP contribution in [-0.4, -0.2) is 68.3 Å². The molecular formula is C26H47N3O5. The monoisotopic (exact) mass is 481 g/mol. The van der Waals surface area contributed by atoms with Gasteiger partial charge in [-0.25, -0.2) is 9.59 Å². The van der Waals surface area contributed by atoms with Crippen LogP contribution in [0.3, 0.4) is 0 Å². The molecule has 0 aromatic rings. The number of rotatable bonds is 8. The first-order valence-corrected chi connectivity index (χ1v) is 12.8. The fourth-order valence-electron chi connectivity index (χ4n) is 5.31. The van der Waals surface area contributed by atoms with E-state index in [4.69, 9.17) is 9.47 Å². The third-order valence-corrected chi connectivity index (χ3v) is 7.93. The lowest BCUT2D eigenvalue weighted by Crippen LogP contribution is -2.61. The van der Waals surface area contributed by atoms with E-state index in [9.17, 15) is 14.4 Å². The lowest BCUT2D eigenvalue weighted by Gasteiger charge is -2.42. The predicted molar refractivity (Wildman–Crippen MR) is 132 cm³/mol. The first kappa shape index (κ1) is 28.4. The average molecular weight is 482 g/mol. The summed E-state index contributed by atoms with van der Waals surface area (Å²) in [6.45, 7) is 13.3. The molecule has 1 saturated heterocycles. The summed E-state index contributed by atoms with van der Waals surface area (Å²) < 4.78 is 10.4. The van der Waals surface area contributed by atoms with E-state index < -0.39 is 12.1 Å².